The van der Waals surface area contributed by atoms with Crippen LogP contribution in [0.2, 0.25) is 0 Å². The zero-order valence-electron chi connectivity index (χ0n) is 19.8. The molecule has 2 N–H and O–H groups in total. The summed E-state index contributed by atoms with van der Waals surface area (Å²) in [6.45, 7) is 2.54. The number of benzene rings is 2. The first-order valence-corrected chi connectivity index (χ1v) is 11.5. The van der Waals surface area contributed by atoms with Crippen LogP contribution in [-0.4, -0.2) is 56.6 Å². The summed E-state index contributed by atoms with van der Waals surface area (Å²) in [5.74, 6) is 1.47. The molecule has 1 saturated heterocycles. The zero-order valence-corrected chi connectivity index (χ0v) is 19.8. The monoisotopic (exact) mass is 451 g/mol. The first-order valence-electron chi connectivity index (χ1n) is 11.5. The lowest BCUT2D eigenvalue weighted by atomic mass is 9.65. The lowest BCUT2D eigenvalue weighted by Gasteiger charge is -2.45. The summed E-state index contributed by atoms with van der Waals surface area (Å²) in [7, 11) is 5.49. The third kappa shape index (κ3) is 4.55. The van der Waals surface area contributed by atoms with Crippen molar-refractivity contribution in [2.24, 2.45) is 0 Å². The molecule has 1 heterocycles. The number of Topliss-reactive ketones (excluding diaryl/α,β-unsaturated/α-hetero) is 1. The summed E-state index contributed by atoms with van der Waals surface area (Å²) in [6.07, 6.45) is 3.86. The Hall–Kier alpha value is -3.06. The molecule has 1 aliphatic heterocycles. The Balaban J connectivity index is 1.47. The third-order valence-electron chi connectivity index (χ3n) is 7.35. The molecule has 2 aliphatic rings. The van der Waals surface area contributed by atoms with Crippen LogP contribution in [0.5, 0.6) is 11.5 Å². The maximum Gasteiger partial charge on any atom is 0.319 e. The smallest absolute Gasteiger partial charge is 0.319 e. The van der Waals surface area contributed by atoms with E-state index < -0.39 is 0 Å². The number of amides is 2. The maximum absolute atomic E-state index is 12.7. The highest BCUT2D eigenvalue weighted by atomic mass is 16.5. The van der Waals surface area contributed by atoms with Crippen LogP contribution < -0.4 is 20.1 Å². The van der Waals surface area contributed by atoms with Crippen molar-refractivity contribution in [3.05, 3.63) is 53.6 Å². The minimum Gasteiger partial charge on any atom is -0.493 e. The molecule has 1 saturated carbocycles. The highest BCUT2D eigenvalue weighted by molar-refractivity contribution is 5.96. The predicted octanol–water partition coefficient (Wildman–Crippen LogP) is 4.22. The number of ketones is 1. The largest absolute Gasteiger partial charge is 0.493 e. The highest BCUT2D eigenvalue weighted by Gasteiger charge is 2.50. The molecule has 3 atom stereocenters. The summed E-state index contributed by atoms with van der Waals surface area (Å²) in [6, 6.07) is 13.5. The minimum atomic E-state index is -0.236. The van der Waals surface area contributed by atoms with Crippen molar-refractivity contribution in [3.63, 3.8) is 0 Å². The van der Waals surface area contributed by atoms with Gasteiger partial charge in [0, 0.05) is 28.7 Å². The van der Waals surface area contributed by atoms with Crippen molar-refractivity contribution in [2.75, 3.05) is 33.1 Å². The lowest BCUT2D eigenvalue weighted by Crippen LogP contribution is -2.52. The summed E-state index contributed by atoms with van der Waals surface area (Å²) in [5.41, 5.74) is 2.52. The van der Waals surface area contributed by atoms with Gasteiger partial charge >= 0.3 is 6.03 Å². The number of nitrogens with one attached hydrogen (secondary N) is 2. The van der Waals surface area contributed by atoms with Gasteiger partial charge in [0.05, 0.1) is 14.2 Å². The molecule has 2 fully saturated rings. The fraction of sp³-hybridized carbons (Fsp3) is 0.462. The molecule has 4 rings (SSSR count). The number of hydrogen-bond acceptors (Lipinski definition) is 5. The van der Waals surface area contributed by atoms with Gasteiger partial charge in [-0.15, -0.1) is 0 Å². The standard InChI is InChI=1S/C26H33N3O4/c1-17(30)18-6-5-7-20(14-18)27-25(31)28-21-10-11-26(12-13-29(2)24(26)16-21)19-8-9-22(32-3)23(15-19)33-4/h5-9,14-15,21,24H,10-13,16H2,1-4H3,(H2,27,28,31)/t21-,24+,26+/m1/s1. The zero-order chi connectivity index (χ0) is 23.6. The van der Waals surface area contributed by atoms with Crippen molar-refractivity contribution < 1.29 is 19.1 Å². The molecule has 0 spiro atoms. The van der Waals surface area contributed by atoms with Gasteiger partial charge in [0.15, 0.2) is 17.3 Å². The van der Waals surface area contributed by atoms with Gasteiger partial charge < -0.3 is 25.0 Å². The average Bonchev–Trinajstić information content (AvgIpc) is 3.15. The third-order valence-corrected chi connectivity index (χ3v) is 7.35. The van der Waals surface area contributed by atoms with Gasteiger partial charge in [0.1, 0.15) is 0 Å². The van der Waals surface area contributed by atoms with E-state index >= 15 is 0 Å². The molecule has 0 radical (unpaired) electrons. The maximum atomic E-state index is 12.7. The van der Waals surface area contributed by atoms with Crippen LogP contribution in [0.1, 0.15) is 48.5 Å². The number of likely N-dealkylation sites (tertiary alicyclic amines) is 1. The van der Waals surface area contributed by atoms with Gasteiger partial charge in [0.25, 0.3) is 0 Å². The normalized spacial score (nSPS) is 24.6. The number of hydrogen-bond donors (Lipinski definition) is 2. The number of anilines is 1. The van der Waals surface area contributed by atoms with Crippen LogP contribution in [0, 0.1) is 0 Å². The van der Waals surface area contributed by atoms with E-state index in [1.807, 2.05) is 6.07 Å². The summed E-state index contributed by atoms with van der Waals surface area (Å²) in [4.78, 5) is 26.7. The molecule has 2 aromatic rings. The van der Waals surface area contributed by atoms with E-state index in [1.54, 1.807) is 38.5 Å². The predicted molar refractivity (Wildman–Crippen MR) is 128 cm³/mol. The van der Waals surface area contributed by atoms with E-state index in [4.69, 9.17) is 9.47 Å². The molecule has 7 heteroatoms. The molecule has 33 heavy (non-hydrogen) atoms. The fourth-order valence-corrected chi connectivity index (χ4v) is 5.56. The number of ether oxygens (including phenoxy) is 2. The molecule has 2 aromatic carbocycles. The van der Waals surface area contributed by atoms with Crippen LogP contribution in [0.25, 0.3) is 0 Å². The number of carbonyl (C=O) groups is 2. The van der Waals surface area contributed by atoms with E-state index in [2.05, 4.69) is 34.7 Å². The Morgan fingerprint density at radius 3 is 2.58 bits per heavy atom. The van der Waals surface area contributed by atoms with Gasteiger partial charge in [-0.3, -0.25) is 4.79 Å². The molecule has 2 amide bonds. The fourth-order valence-electron chi connectivity index (χ4n) is 5.56. The van der Waals surface area contributed by atoms with Crippen molar-refractivity contribution in [2.45, 2.75) is 50.1 Å². The van der Waals surface area contributed by atoms with Crippen LogP contribution in [-0.2, 0) is 5.41 Å². The summed E-state index contributed by atoms with van der Waals surface area (Å²) in [5, 5.41) is 6.03. The van der Waals surface area contributed by atoms with Gasteiger partial charge in [-0.2, -0.15) is 0 Å². The average molecular weight is 452 g/mol. The van der Waals surface area contributed by atoms with E-state index in [0.29, 0.717) is 17.3 Å². The summed E-state index contributed by atoms with van der Waals surface area (Å²) >= 11 is 0. The van der Waals surface area contributed by atoms with Gasteiger partial charge in [-0.25, -0.2) is 4.79 Å². The highest BCUT2D eigenvalue weighted by Crippen LogP contribution is 2.49. The lowest BCUT2D eigenvalue weighted by molar-refractivity contribution is 0.101. The van der Waals surface area contributed by atoms with Crippen LogP contribution in [0.4, 0.5) is 10.5 Å². The second kappa shape index (κ2) is 9.43. The molecule has 7 nitrogen and oxygen atoms in total. The first kappa shape index (κ1) is 23.1. The number of rotatable bonds is 6. The number of carbonyl (C=O) groups excluding carboxylic acids is 2. The second-order valence-corrected chi connectivity index (χ2v) is 9.18. The molecule has 0 bridgehead atoms. The first-order chi connectivity index (χ1) is 15.9. The number of fused-ring (bicyclic) bond motifs is 1. The topological polar surface area (TPSA) is 79.9 Å². The molecule has 0 aromatic heterocycles. The Bertz CT molecular complexity index is 1040. The van der Waals surface area contributed by atoms with Gasteiger partial charge in [-0.05, 0) is 76.0 Å². The van der Waals surface area contributed by atoms with Crippen molar-refractivity contribution in [1.82, 2.24) is 10.2 Å². The van der Waals surface area contributed by atoms with Gasteiger partial charge in [0.2, 0.25) is 0 Å². The second-order valence-electron chi connectivity index (χ2n) is 9.18. The Kier molecular flexibility index (Phi) is 6.61. The molecule has 1 aliphatic carbocycles. The van der Waals surface area contributed by atoms with Crippen molar-refractivity contribution in [3.8, 4) is 11.5 Å². The van der Waals surface area contributed by atoms with Crippen molar-refractivity contribution >= 4 is 17.5 Å². The van der Waals surface area contributed by atoms with Crippen LogP contribution >= 0.6 is 0 Å². The van der Waals surface area contributed by atoms with Crippen LogP contribution in [0.15, 0.2) is 42.5 Å². The van der Waals surface area contributed by atoms with Crippen molar-refractivity contribution in [1.29, 1.82) is 0 Å². The van der Waals surface area contributed by atoms with E-state index in [9.17, 15) is 9.59 Å². The molecule has 0 unspecified atom stereocenters. The van der Waals surface area contributed by atoms with E-state index in [-0.39, 0.29) is 23.3 Å². The summed E-state index contributed by atoms with van der Waals surface area (Å²) < 4.78 is 11.0. The molecular formula is C26H33N3O4. The number of nitrogens with zero attached hydrogens (tertiary/aromatic N) is 1. The SMILES string of the molecule is COc1ccc([C@@]23CC[C@@H](NC(=O)Nc4cccc(C(C)=O)c4)C[C@@H]2N(C)CC3)cc1OC. The minimum absolute atomic E-state index is 0.0258. The quantitative estimate of drug-likeness (QED) is 0.643. The van der Waals surface area contributed by atoms with Crippen LogP contribution in [0.3, 0.4) is 0 Å². The van der Waals surface area contributed by atoms with E-state index in [1.165, 1.54) is 12.5 Å². The van der Waals surface area contributed by atoms with Gasteiger partial charge in [-0.1, -0.05) is 18.2 Å². The molecule has 176 valence electrons. The Labute approximate surface area is 195 Å². The number of methoxy groups -OCH3 is 2. The number of likely N-dealkylation sites (N-methyl/N-ethyl adjacent to an activating group) is 1. The number of urea groups is 1. The molecular weight excluding hydrogens is 418 g/mol. The Morgan fingerprint density at radius 1 is 1.06 bits per heavy atom. The Morgan fingerprint density at radius 2 is 1.85 bits per heavy atom. The van der Waals surface area contributed by atoms with E-state index in [0.717, 1.165) is 43.7 Å².